The number of nitrogens with one attached hydrogen (secondary N) is 1. The SMILES string of the molecule is CCCCCC(=O)Nc1cc(Cl)ccc1N1CCN(C(=O)/C=C/c2ccccc2)CC1. The molecule has 0 aromatic heterocycles. The first-order valence-corrected chi connectivity index (χ1v) is 11.3. The average Bonchev–Trinajstić information content (AvgIpc) is 2.79. The highest BCUT2D eigenvalue weighted by Gasteiger charge is 2.22. The molecule has 0 aliphatic carbocycles. The zero-order chi connectivity index (χ0) is 22.1. The Bertz CT molecular complexity index is 906. The van der Waals surface area contributed by atoms with Crippen LogP contribution in [0.25, 0.3) is 6.08 Å². The Morgan fingerprint density at radius 2 is 1.77 bits per heavy atom. The molecule has 1 aliphatic rings. The van der Waals surface area contributed by atoms with E-state index in [2.05, 4.69) is 17.1 Å². The smallest absolute Gasteiger partial charge is 0.246 e. The van der Waals surface area contributed by atoms with Crippen LogP contribution in [-0.2, 0) is 9.59 Å². The van der Waals surface area contributed by atoms with E-state index >= 15 is 0 Å². The summed E-state index contributed by atoms with van der Waals surface area (Å²) in [6, 6.07) is 15.4. The van der Waals surface area contributed by atoms with E-state index in [1.165, 1.54) is 0 Å². The van der Waals surface area contributed by atoms with Gasteiger partial charge in [0.05, 0.1) is 11.4 Å². The molecule has 1 aliphatic heterocycles. The van der Waals surface area contributed by atoms with Gasteiger partial charge in [-0.2, -0.15) is 0 Å². The highest BCUT2D eigenvalue weighted by molar-refractivity contribution is 6.31. The van der Waals surface area contributed by atoms with Crippen molar-refractivity contribution >= 4 is 40.9 Å². The zero-order valence-corrected chi connectivity index (χ0v) is 18.8. The number of nitrogens with zero attached hydrogens (tertiary/aromatic N) is 2. The molecule has 1 heterocycles. The highest BCUT2D eigenvalue weighted by Crippen LogP contribution is 2.30. The van der Waals surface area contributed by atoms with E-state index in [-0.39, 0.29) is 11.8 Å². The van der Waals surface area contributed by atoms with Crippen LogP contribution in [0.2, 0.25) is 5.02 Å². The third-order valence-electron chi connectivity index (χ3n) is 5.39. The Morgan fingerprint density at radius 1 is 1.03 bits per heavy atom. The van der Waals surface area contributed by atoms with Crippen LogP contribution in [0.4, 0.5) is 11.4 Å². The minimum Gasteiger partial charge on any atom is -0.366 e. The van der Waals surface area contributed by atoms with Crippen molar-refractivity contribution in [1.82, 2.24) is 4.90 Å². The summed E-state index contributed by atoms with van der Waals surface area (Å²) in [5, 5.41) is 3.61. The maximum absolute atomic E-state index is 12.5. The third-order valence-corrected chi connectivity index (χ3v) is 5.63. The van der Waals surface area contributed by atoms with Crippen LogP contribution in [0.3, 0.4) is 0 Å². The second-order valence-corrected chi connectivity index (χ2v) is 8.16. The first-order chi connectivity index (χ1) is 15.1. The van der Waals surface area contributed by atoms with Crippen LogP contribution in [-0.4, -0.2) is 42.9 Å². The summed E-state index contributed by atoms with van der Waals surface area (Å²) in [5.74, 6) is 0.0286. The monoisotopic (exact) mass is 439 g/mol. The molecule has 0 unspecified atom stereocenters. The number of anilines is 2. The molecule has 1 N–H and O–H groups in total. The van der Waals surface area contributed by atoms with Crippen LogP contribution < -0.4 is 10.2 Å². The predicted molar refractivity (Wildman–Crippen MR) is 128 cm³/mol. The van der Waals surface area contributed by atoms with Crippen molar-refractivity contribution in [2.24, 2.45) is 0 Å². The van der Waals surface area contributed by atoms with Gasteiger partial charge < -0.3 is 15.1 Å². The molecule has 2 amide bonds. The Labute approximate surface area is 189 Å². The number of halogens is 1. The third kappa shape index (κ3) is 6.86. The Kier molecular flexibility index (Phi) is 8.53. The molecule has 0 atom stereocenters. The minimum absolute atomic E-state index is 0.0110. The molecule has 0 bridgehead atoms. The topological polar surface area (TPSA) is 52.7 Å². The van der Waals surface area contributed by atoms with Crippen molar-refractivity contribution in [2.45, 2.75) is 32.6 Å². The van der Waals surface area contributed by atoms with Gasteiger partial charge in [0.25, 0.3) is 0 Å². The van der Waals surface area contributed by atoms with E-state index in [1.54, 1.807) is 12.1 Å². The molecule has 0 saturated carbocycles. The quantitative estimate of drug-likeness (QED) is 0.453. The van der Waals surface area contributed by atoms with Crippen LogP contribution >= 0.6 is 11.6 Å². The predicted octanol–water partition coefficient (Wildman–Crippen LogP) is 5.22. The van der Waals surface area contributed by atoms with Crippen LogP contribution in [0.5, 0.6) is 0 Å². The molecule has 164 valence electrons. The fourth-order valence-electron chi connectivity index (χ4n) is 3.64. The molecule has 5 nitrogen and oxygen atoms in total. The molecular weight excluding hydrogens is 410 g/mol. The zero-order valence-electron chi connectivity index (χ0n) is 18.0. The number of piperazine rings is 1. The lowest BCUT2D eigenvalue weighted by atomic mass is 10.1. The van der Waals surface area contributed by atoms with Gasteiger partial charge in [-0.15, -0.1) is 0 Å². The molecule has 31 heavy (non-hydrogen) atoms. The number of rotatable bonds is 8. The summed E-state index contributed by atoms with van der Waals surface area (Å²) in [6.07, 6.45) is 7.00. The van der Waals surface area contributed by atoms with Gasteiger partial charge >= 0.3 is 0 Å². The summed E-state index contributed by atoms with van der Waals surface area (Å²) in [4.78, 5) is 28.9. The van der Waals surface area contributed by atoms with Crippen LogP contribution in [0.1, 0.15) is 38.2 Å². The van der Waals surface area contributed by atoms with Crippen molar-refractivity contribution in [3.05, 3.63) is 65.2 Å². The summed E-state index contributed by atoms with van der Waals surface area (Å²) in [7, 11) is 0. The maximum Gasteiger partial charge on any atom is 0.246 e. The molecule has 1 saturated heterocycles. The number of amides is 2. The van der Waals surface area contributed by atoms with Crippen LogP contribution in [0.15, 0.2) is 54.6 Å². The summed E-state index contributed by atoms with van der Waals surface area (Å²) in [5.41, 5.74) is 2.69. The molecule has 1 fully saturated rings. The minimum atomic E-state index is 0.0110. The van der Waals surface area contributed by atoms with E-state index in [9.17, 15) is 9.59 Å². The van der Waals surface area contributed by atoms with Crippen molar-refractivity contribution in [3.8, 4) is 0 Å². The molecule has 0 spiro atoms. The molecule has 6 heteroatoms. The average molecular weight is 440 g/mol. The van der Waals surface area contributed by atoms with Crippen molar-refractivity contribution in [2.75, 3.05) is 36.4 Å². The van der Waals surface area contributed by atoms with E-state index in [0.717, 1.165) is 36.2 Å². The van der Waals surface area contributed by atoms with Crippen LogP contribution in [0, 0.1) is 0 Å². The van der Waals surface area contributed by atoms with Gasteiger partial charge in [0, 0.05) is 43.7 Å². The van der Waals surface area contributed by atoms with Gasteiger partial charge in [-0.25, -0.2) is 0 Å². The molecule has 2 aromatic carbocycles. The molecule has 3 rings (SSSR count). The number of benzene rings is 2. The lowest BCUT2D eigenvalue weighted by molar-refractivity contribution is -0.126. The molecule has 0 radical (unpaired) electrons. The Morgan fingerprint density at radius 3 is 2.48 bits per heavy atom. The number of hydrogen-bond donors (Lipinski definition) is 1. The normalized spacial score (nSPS) is 14.1. The first kappa shape index (κ1) is 22.9. The van der Waals surface area contributed by atoms with E-state index in [4.69, 9.17) is 11.6 Å². The first-order valence-electron chi connectivity index (χ1n) is 10.9. The van der Waals surface area contributed by atoms with E-state index in [1.807, 2.05) is 53.4 Å². The maximum atomic E-state index is 12.5. The van der Waals surface area contributed by atoms with Gasteiger partial charge in [0.1, 0.15) is 0 Å². The number of carbonyl (C=O) groups excluding carboxylic acids is 2. The van der Waals surface area contributed by atoms with Crippen molar-refractivity contribution in [1.29, 1.82) is 0 Å². The Balaban J connectivity index is 1.59. The fourth-order valence-corrected chi connectivity index (χ4v) is 3.81. The number of hydrogen-bond acceptors (Lipinski definition) is 3. The second kappa shape index (κ2) is 11.6. The standard InChI is InChI=1S/C25H30ClN3O2/c1-2-3-5-10-24(30)27-22-19-21(26)12-13-23(22)28-15-17-29(18-16-28)25(31)14-11-20-8-6-4-7-9-20/h4,6-9,11-14,19H,2-3,5,10,15-18H2,1H3,(H,27,30)/b14-11+. The molecular formula is C25H30ClN3O2. The summed E-state index contributed by atoms with van der Waals surface area (Å²) >= 11 is 6.19. The number of carbonyl (C=O) groups is 2. The van der Waals surface area contributed by atoms with Crippen molar-refractivity contribution in [3.63, 3.8) is 0 Å². The molecule has 2 aromatic rings. The summed E-state index contributed by atoms with van der Waals surface area (Å²) in [6.45, 7) is 4.78. The van der Waals surface area contributed by atoms with Gasteiger partial charge in [0.15, 0.2) is 0 Å². The van der Waals surface area contributed by atoms with E-state index < -0.39 is 0 Å². The van der Waals surface area contributed by atoms with E-state index in [0.29, 0.717) is 37.6 Å². The fraction of sp³-hybridized carbons (Fsp3) is 0.360. The number of unbranched alkanes of at least 4 members (excludes halogenated alkanes) is 2. The summed E-state index contributed by atoms with van der Waals surface area (Å²) < 4.78 is 0. The van der Waals surface area contributed by atoms with Gasteiger partial charge in [0.2, 0.25) is 11.8 Å². The highest BCUT2D eigenvalue weighted by atomic mass is 35.5. The van der Waals surface area contributed by atoms with Gasteiger partial charge in [-0.3, -0.25) is 9.59 Å². The Hall–Kier alpha value is -2.79. The second-order valence-electron chi connectivity index (χ2n) is 7.72. The lowest BCUT2D eigenvalue weighted by Gasteiger charge is -2.36. The van der Waals surface area contributed by atoms with Crippen molar-refractivity contribution < 1.29 is 9.59 Å². The lowest BCUT2D eigenvalue weighted by Crippen LogP contribution is -2.48. The van der Waals surface area contributed by atoms with Gasteiger partial charge in [-0.1, -0.05) is 61.7 Å². The van der Waals surface area contributed by atoms with Gasteiger partial charge in [-0.05, 0) is 36.3 Å². The largest absolute Gasteiger partial charge is 0.366 e.